The van der Waals surface area contributed by atoms with Crippen LogP contribution in [0.4, 0.5) is 0 Å². The summed E-state index contributed by atoms with van der Waals surface area (Å²) in [4.78, 5) is 10.6. The predicted molar refractivity (Wildman–Crippen MR) is 47.4 cm³/mol. The molecule has 0 aromatic heterocycles. The van der Waals surface area contributed by atoms with Crippen molar-refractivity contribution < 1.29 is 4.79 Å². The third kappa shape index (κ3) is 6.14. The molecule has 0 atom stereocenters. The quantitative estimate of drug-likeness (QED) is 0.443. The number of amides is 1. The Morgan fingerprint density at radius 1 is 1.50 bits per heavy atom. The van der Waals surface area contributed by atoms with Crippen molar-refractivity contribution in [3.63, 3.8) is 0 Å². The average Bonchev–Trinajstić information content (AvgIpc) is 2.10. The van der Waals surface area contributed by atoms with Gasteiger partial charge in [0.15, 0.2) is 0 Å². The van der Waals surface area contributed by atoms with E-state index in [-0.39, 0.29) is 12.3 Å². The lowest BCUT2D eigenvalue weighted by molar-refractivity contribution is -0.119. The van der Waals surface area contributed by atoms with E-state index in [1.165, 1.54) is 6.42 Å². The van der Waals surface area contributed by atoms with Crippen LogP contribution in [-0.2, 0) is 4.79 Å². The summed E-state index contributed by atoms with van der Waals surface area (Å²) >= 11 is 0. The van der Waals surface area contributed by atoms with Crippen LogP contribution in [-0.4, -0.2) is 13.0 Å². The molecule has 0 unspecified atom stereocenters. The highest BCUT2D eigenvalue weighted by Crippen LogP contribution is 1.82. The van der Waals surface area contributed by atoms with Crippen LogP contribution < -0.4 is 5.32 Å². The Balaban J connectivity index is 3.61. The molecule has 0 aromatic carbocycles. The zero-order chi connectivity index (χ0) is 9.23. The van der Waals surface area contributed by atoms with Crippen LogP contribution in [0.3, 0.4) is 0 Å². The van der Waals surface area contributed by atoms with Gasteiger partial charge in [0, 0.05) is 7.05 Å². The lowest BCUT2D eigenvalue weighted by Crippen LogP contribution is -2.16. The second kappa shape index (κ2) is 7.13. The molecule has 0 aliphatic heterocycles. The zero-order valence-electron chi connectivity index (χ0n) is 6.77. The van der Waals surface area contributed by atoms with E-state index in [1.54, 1.807) is 7.05 Å². The van der Waals surface area contributed by atoms with E-state index in [9.17, 15) is 4.79 Å². The van der Waals surface area contributed by atoms with Crippen molar-refractivity contribution in [2.24, 2.45) is 0 Å². The third-order valence-corrected chi connectivity index (χ3v) is 0.938. The molecule has 1 N–H and O–H groups in total. The molecule has 0 heterocycles. The molecule has 0 spiro atoms. The zero-order valence-corrected chi connectivity index (χ0v) is 6.77. The first-order valence-corrected chi connectivity index (χ1v) is 3.29. The van der Waals surface area contributed by atoms with Crippen molar-refractivity contribution in [1.82, 2.24) is 5.32 Å². The first kappa shape index (κ1) is 10.0. The molecule has 1 amide bonds. The van der Waals surface area contributed by atoms with Gasteiger partial charge in [-0.05, 0) is 18.3 Å². The Bertz CT molecular complexity index is 301. The van der Waals surface area contributed by atoms with Gasteiger partial charge in [0.25, 0.3) is 0 Å². The summed E-state index contributed by atoms with van der Waals surface area (Å²) in [6.07, 6.45) is 6.66. The summed E-state index contributed by atoms with van der Waals surface area (Å²) in [6, 6.07) is 0. The summed E-state index contributed by atoms with van der Waals surface area (Å²) in [7, 11) is 1.57. The van der Waals surface area contributed by atoms with Gasteiger partial charge in [0.1, 0.15) is 0 Å². The van der Waals surface area contributed by atoms with Gasteiger partial charge < -0.3 is 5.32 Å². The fourth-order valence-electron chi connectivity index (χ4n) is 0.400. The molecule has 0 fully saturated rings. The van der Waals surface area contributed by atoms with Gasteiger partial charge >= 0.3 is 0 Å². The van der Waals surface area contributed by atoms with Gasteiger partial charge in [-0.2, -0.15) is 6.42 Å². The molecule has 12 heavy (non-hydrogen) atoms. The first-order chi connectivity index (χ1) is 5.81. The molecule has 0 saturated carbocycles. The highest BCUT2D eigenvalue weighted by molar-refractivity contribution is 5.77. The van der Waals surface area contributed by atoms with E-state index in [0.29, 0.717) is 0 Å². The SMILES string of the molecule is C#CC#CC#C[CH-]CC(=O)NC. The van der Waals surface area contributed by atoms with Crippen molar-refractivity contribution in [2.75, 3.05) is 7.05 Å². The van der Waals surface area contributed by atoms with Gasteiger partial charge in [-0.25, -0.2) is 5.92 Å². The van der Waals surface area contributed by atoms with Crippen LogP contribution in [0.15, 0.2) is 0 Å². The van der Waals surface area contributed by atoms with Gasteiger partial charge in [0.05, 0.1) is 0 Å². The summed E-state index contributed by atoms with van der Waals surface area (Å²) in [6.45, 7) is 0. The van der Waals surface area contributed by atoms with Crippen LogP contribution in [0.2, 0.25) is 0 Å². The van der Waals surface area contributed by atoms with Crippen molar-refractivity contribution in [2.45, 2.75) is 6.42 Å². The number of hydrogen-bond acceptors (Lipinski definition) is 1. The maximum absolute atomic E-state index is 10.6. The van der Waals surface area contributed by atoms with E-state index in [1.807, 2.05) is 0 Å². The van der Waals surface area contributed by atoms with Crippen molar-refractivity contribution in [3.8, 4) is 36.0 Å². The minimum atomic E-state index is -0.0748. The normalized spacial score (nSPS) is 6.00. The third-order valence-electron chi connectivity index (χ3n) is 0.938. The number of nitrogens with one attached hydrogen (secondary N) is 1. The lowest BCUT2D eigenvalue weighted by Gasteiger charge is -1.97. The van der Waals surface area contributed by atoms with E-state index in [2.05, 4.69) is 34.9 Å². The van der Waals surface area contributed by atoms with Gasteiger partial charge in [-0.3, -0.25) is 10.7 Å². The Kier molecular flexibility index (Phi) is 5.95. The van der Waals surface area contributed by atoms with Crippen molar-refractivity contribution in [1.29, 1.82) is 0 Å². The number of terminal acetylenes is 1. The number of hydrogen-bond donors (Lipinski definition) is 1. The Morgan fingerprint density at radius 2 is 2.25 bits per heavy atom. The minimum absolute atomic E-state index is 0.0748. The smallest absolute Gasteiger partial charge is 0.207 e. The van der Waals surface area contributed by atoms with Crippen molar-refractivity contribution >= 4 is 5.91 Å². The molecular weight excluding hydrogens is 150 g/mol. The number of rotatable bonds is 2. The Hall–Kier alpha value is -1.98. The molecule has 60 valence electrons. The number of carbonyl (C=O) groups excluding carboxylic acids is 1. The van der Waals surface area contributed by atoms with E-state index in [0.717, 1.165) is 0 Å². The summed E-state index contributed by atoms with van der Waals surface area (Å²) < 4.78 is 0. The van der Waals surface area contributed by atoms with Gasteiger partial charge in [-0.1, -0.05) is 0 Å². The van der Waals surface area contributed by atoms with Crippen LogP contribution >= 0.6 is 0 Å². The lowest BCUT2D eigenvalue weighted by atomic mass is 10.3. The highest BCUT2D eigenvalue weighted by atomic mass is 16.1. The maximum atomic E-state index is 10.6. The number of carbonyl (C=O) groups is 1. The summed E-state index contributed by atoms with van der Waals surface area (Å²) in [5, 5.41) is 2.46. The predicted octanol–water partition coefficient (Wildman–Crippen LogP) is -0.0332. The molecule has 0 aliphatic carbocycles. The van der Waals surface area contributed by atoms with E-state index >= 15 is 0 Å². The second-order valence-corrected chi connectivity index (χ2v) is 1.75. The molecule has 2 heteroatoms. The standard InChI is InChI=1S/C10H8NO/c1-3-4-5-6-7-8-9-10(12)11-2/h1,8H,9H2,2H3,(H,11,12)/q-1. The molecule has 0 aromatic rings. The molecule has 0 saturated heterocycles. The molecule has 0 aliphatic rings. The van der Waals surface area contributed by atoms with Crippen LogP contribution in [0.1, 0.15) is 6.42 Å². The minimum Gasteiger partial charge on any atom is -0.360 e. The van der Waals surface area contributed by atoms with Crippen LogP contribution in [0, 0.1) is 42.4 Å². The molecule has 2 nitrogen and oxygen atoms in total. The van der Waals surface area contributed by atoms with Gasteiger partial charge in [0.2, 0.25) is 5.91 Å². The van der Waals surface area contributed by atoms with Crippen LogP contribution in [0.25, 0.3) is 0 Å². The monoisotopic (exact) mass is 158 g/mol. The second-order valence-electron chi connectivity index (χ2n) is 1.75. The summed E-state index contributed by atoms with van der Waals surface area (Å²) in [5.41, 5.74) is 0. The van der Waals surface area contributed by atoms with Crippen LogP contribution in [0.5, 0.6) is 0 Å². The molecule has 0 radical (unpaired) electrons. The highest BCUT2D eigenvalue weighted by Gasteiger charge is 1.86. The molecular formula is C10H8NO-. The fraction of sp³-hybridized carbons (Fsp3) is 0.200. The Labute approximate surface area is 72.7 Å². The van der Waals surface area contributed by atoms with E-state index < -0.39 is 0 Å². The first-order valence-electron chi connectivity index (χ1n) is 3.29. The maximum Gasteiger partial charge on any atom is 0.207 e. The largest absolute Gasteiger partial charge is 0.360 e. The summed E-state index contributed by atoms with van der Waals surface area (Å²) in [5.74, 6) is 11.9. The Morgan fingerprint density at radius 3 is 2.83 bits per heavy atom. The average molecular weight is 158 g/mol. The molecule has 0 bridgehead atoms. The fourth-order valence-corrected chi connectivity index (χ4v) is 0.400. The molecule has 0 rings (SSSR count). The van der Waals surface area contributed by atoms with Gasteiger partial charge in [-0.15, -0.1) is 12.3 Å². The van der Waals surface area contributed by atoms with Crippen molar-refractivity contribution in [3.05, 3.63) is 6.42 Å². The topological polar surface area (TPSA) is 29.1 Å². The van der Waals surface area contributed by atoms with E-state index in [4.69, 9.17) is 6.42 Å².